The number of carbonyl (C=O) groups excluding carboxylic acids is 1. The van der Waals surface area contributed by atoms with E-state index in [4.69, 9.17) is 0 Å². The number of aryl methyl sites for hydroxylation is 1. The molecular formula is C21H25NO. The quantitative estimate of drug-likeness (QED) is 0.801. The highest BCUT2D eigenvalue weighted by Gasteiger charge is 2.38. The largest absolute Gasteiger partial charge is 0.336 e. The highest BCUT2D eigenvalue weighted by molar-refractivity contribution is 5.82. The molecule has 23 heavy (non-hydrogen) atoms. The molecule has 2 nitrogen and oxygen atoms in total. The van der Waals surface area contributed by atoms with Crippen LogP contribution in [-0.2, 0) is 4.79 Å². The first-order valence-electron chi connectivity index (χ1n) is 8.50. The van der Waals surface area contributed by atoms with Gasteiger partial charge in [0.05, 0.1) is 6.04 Å². The summed E-state index contributed by atoms with van der Waals surface area (Å²) in [5.41, 5.74) is 3.80. The number of likely N-dealkylation sites (tertiary alicyclic amines) is 1. The molecule has 0 aliphatic carbocycles. The summed E-state index contributed by atoms with van der Waals surface area (Å²) in [5, 5.41) is 0. The molecule has 0 radical (unpaired) electrons. The van der Waals surface area contributed by atoms with Gasteiger partial charge in [0, 0.05) is 12.5 Å². The first-order valence-corrected chi connectivity index (χ1v) is 8.50. The predicted octanol–water partition coefficient (Wildman–Crippen LogP) is 4.71. The maximum Gasteiger partial charge on any atom is 0.226 e. The molecule has 0 bridgehead atoms. The second-order valence-corrected chi connectivity index (χ2v) is 6.66. The maximum atomic E-state index is 13.0. The summed E-state index contributed by atoms with van der Waals surface area (Å²) >= 11 is 0. The van der Waals surface area contributed by atoms with Gasteiger partial charge in [0.25, 0.3) is 0 Å². The van der Waals surface area contributed by atoms with Crippen LogP contribution in [-0.4, -0.2) is 17.4 Å². The van der Waals surface area contributed by atoms with Crippen molar-refractivity contribution in [2.75, 3.05) is 6.54 Å². The molecule has 2 aromatic carbocycles. The number of hydrogen-bond donors (Lipinski definition) is 0. The second kappa shape index (κ2) is 6.57. The molecule has 1 aliphatic heterocycles. The van der Waals surface area contributed by atoms with Crippen molar-refractivity contribution in [2.24, 2.45) is 5.92 Å². The summed E-state index contributed by atoms with van der Waals surface area (Å²) in [5.74, 6) is 0.677. The molecule has 3 atom stereocenters. The Hall–Kier alpha value is -2.09. The molecule has 1 fully saturated rings. The van der Waals surface area contributed by atoms with Crippen LogP contribution in [0.1, 0.15) is 48.9 Å². The molecule has 3 rings (SSSR count). The zero-order chi connectivity index (χ0) is 16.4. The van der Waals surface area contributed by atoms with Gasteiger partial charge in [0.2, 0.25) is 5.91 Å². The van der Waals surface area contributed by atoms with Gasteiger partial charge in [-0.2, -0.15) is 0 Å². The third kappa shape index (κ3) is 3.03. The molecule has 0 aromatic heterocycles. The molecule has 1 aliphatic rings. The van der Waals surface area contributed by atoms with Crippen molar-refractivity contribution in [3.63, 3.8) is 0 Å². The van der Waals surface area contributed by atoms with E-state index in [2.05, 4.69) is 62.1 Å². The van der Waals surface area contributed by atoms with Crippen molar-refractivity contribution in [3.05, 3.63) is 71.3 Å². The van der Waals surface area contributed by atoms with Gasteiger partial charge in [-0.1, -0.05) is 61.5 Å². The van der Waals surface area contributed by atoms with Crippen LogP contribution in [0, 0.1) is 12.8 Å². The molecule has 2 heteroatoms. The molecule has 0 N–H and O–H groups in total. The Bertz CT molecular complexity index is 679. The van der Waals surface area contributed by atoms with Gasteiger partial charge in [-0.15, -0.1) is 0 Å². The van der Waals surface area contributed by atoms with Crippen LogP contribution in [0.2, 0.25) is 0 Å². The first kappa shape index (κ1) is 15.8. The standard InChI is InChI=1S/C21H25NO/c1-15-9-7-8-12-19(15)16(2)20-13-14-22(21(20)23)17(3)18-10-5-4-6-11-18/h4-12,16-17,20H,13-14H2,1-3H3/t16?,17-,20+/m0/s1. The smallest absolute Gasteiger partial charge is 0.226 e. The molecule has 1 amide bonds. The SMILES string of the molecule is Cc1ccccc1C(C)[C@H]1CCN([C@@H](C)c2ccccc2)C1=O. The number of amides is 1. The maximum absolute atomic E-state index is 13.0. The highest BCUT2D eigenvalue weighted by Crippen LogP contribution is 2.37. The fourth-order valence-corrected chi connectivity index (χ4v) is 3.80. The number of benzene rings is 2. The monoisotopic (exact) mass is 307 g/mol. The normalized spacial score (nSPS) is 20.6. The highest BCUT2D eigenvalue weighted by atomic mass is 16.2. The molecular weight excluding hydrogens is 282 g/mol. The van der Waals surface area contributed by atoms with Gasteiger partial charge in [-0.05, 0) is 42.9 Å². The Morgan fingerprint density at radius 2 is 1.65 bits per heavy atom. The van der Waals surface area contributed by atoms with E-state index < -0.39 is 0 Å². The van der Waals surface area contributed by atoms with E-state index >= 15 is 0 Å². The van der Waals surface area contributed by atoms with Gasteiger partial charge < -0.3 is 4.90 Å². The van der Waals surface area contributed by atoms with E-state index in [1.54, 1.807) is 0 Å². The lowest BCUT2D eigenvalue weighted by Crippen LogP contribution is -2.31. The van der Waals surface area contributed by atoms with Gasteiger partial charge in [0.1, 0.15) is 0 Å². The Morgan fingerprint density at radius 3 is 2.35 bits per heavy atom. The molecule has 1 heterocycles. The lowest BCUT2D eigenvalue weighted by Gasteiger charge is -2.26. The van der Waals surface area contributed by atoms with Gasteiger partial charge in [-0.25, -0.2) is 0 Å². The van der Waals surface area contributed by atoms with Crippen LogP contribution < -0.4 is 0 Å². The van der Waals surface area contributed by atoms with Gasteiger partial charge in [0.15, 0.2) is 0 Å². The van der Waals surface area contributed by atoms with Crippen LogP contribution in [0.25, 0.3) is 0 Å². The Morgan fingerprint density at radius 1 is 1.00 bits per heavy atom. The summed E-state index contributed by atoms with van der Waals surface area (Å²) in [6, 6.07) is 18.9. The zero-order valence-electron chi connectivity index (χ0n) is 14.2. The van der Waals surface area contributed by atoms with E-state index in [1.165, 1.54) is 16.7 Å². The number of rotatable bonds is 4. The van der Waals surface area contributed by atoms with Crippen LogP contribution in [0.15, 0.2) is 54.6 Å². The van der Waals surface area contributed by atoms with Gasteiger partial charge >= 0.3 is 0 Å². The average Bonchev–Trinajstić information content (AvgIpc) is 2.96. The topological polar surface area (TPSA) is 20.3 Å². The fourth-order valence-electron chi connectivity index (χ4n) is 3.80. The Balaban J connectivity index is 1.78. The summed E-state index contributed by atoms with van der Waals surface area (Å²) in [6.45, 7) is 7.32. The summed E-state index contributed by atoms with van der Waals surface area (Å²) < 4.78 is 0. The lowest BCUT2D eigenvalue weighted by atomic mass is 9.84. The molecule has 120 valence electrons. The molecule has 1 saturated heterocycles. The third-order valence-electron chi connectivity index (χ3n) is 5.31. The summed E-state index contributed by atoms with van der Waals surface area (Å²) in [7, 11) is 0. The van der Waals surface area contributed by atoms with E-state index in [1.807, 2.05) is 18.2 Å². The van der Waals surface area contributed by atoms with Crippen molar-refractivity contribution in [1.29, 1.82) is 0 Å². The van der Waals surface area contributed by atoms with E-state index in [0.29, 0.717) is 5.91 Å². The lowest BCUT2D eigenvalue weighted by molar-refractivity contribution is -0.133. The van der Waals surface area contributed by atoms with Crippen molar-refractivity contribution in [1.82, 2.24) is 4.90 Å². The van der Waals surface area contributed by atoms with E-state index in [9.17, 15) is 4.79 Å². The Labute approximate surface area is 139 Å². The van der Waals surface area contributed by atoms with Crippen LogP contribution in [0.3, 0.4) is 0 Å². The van der Waals surface area contributed by atoms with Crippen LogP contribution in [0.4, 0.5) is 0 Å². The van der Waals surface area contributed by atoms with Crippen molar-refractivity contribution < 1.29 is 4.79 Å². The minimum absolute atomic E-state index is 0.0993. The fraction of sp³-hybridized carbons (Fsp3) is 0.381. The van der Waals surface area contributed by atoms with E-state index in [0.717, 1.165) is 13.0 Å². The van der Waals surface area contributed by atoms with Crippen molar-refractivity contribution >= 4 is 5.91 Å². The van der Waals surface area contributed by atoms with Crippen LogP contribution in [0.5, 0.6) is 0 Å². The van der Waals surface area contributed by atoms with Gasteiger partial charge in [-0.3, -0.25) is 4.79 Å². The Kier molecular flexibility index (Phi) is 4.51. The molecule has 2 aromatic rings. The number of nitrogens with zero attached hydrogens (tertiary/aromatic N) is 1. The third-order valence-corrected chi connectivity index (χ3v) is 5.31. The summed E-state index contributed by atoms with van der Waals surface area (Å²) in [4.78, 5) is 15.0. The average molecular weight is 307 g/mol. The minimum atomic E-state index is 0.0993. The van der Waals surface area contributed by atoms with Crippen molar-refractivity contribution in [3.8, 4) is 0 Å². The first-order chi connectivity index (χ1) is 11.1. The van der Waals surface area contributed by atoms with Crippen molar-refractivity contribution in [2.45, 2.75) is 39.2 Å². The number of carbonyl (C=O) groups is 1. The van der Waals surface area contributed by atoms with E-state index in [-0.39, 0.29) is 17.9 Å². The molecule has 1 unspecified atom stereocenters. The number of hydrogen-bond acceptors (Lipinski definition) is 1. The zero-order valence-corrected chi connectivity index (χ0v) is 14.2. The summed E-state index contributed by atoms with van der Waals surface area (Å²) in [6.07, 6.45) is 0.950. The molecule has 0 saturated carbocycles. The second-order valence-electron chi connectivity index (χ2n) is 6.66. The van der Waals surface area contributed by atoms with Crippen LogP contribution >= 0.6 is 0 Å². The predicted molar refractivity (Wildman–Crippen MR) is 94.3 cm³/mol. The minimum Gasteiger partial charge on any atom is -0.336 e. The molecule has 0 spiro atoms.